The second-order valence-corrected chi connectivity index (χ2v) is 5.62. The van der Waals surface area contributed by atoms with Crippen molar-refractivity contribution < 1.29 is 13.2 Å². The van der Waals surface area contributed by atoms with Gasteiger partial charge in [0.25, 0.3) is 0 Å². The molecule has 114 valence electrons. The lowest BCUT2D eigenvalue weighted by Crippen LogP contribution is -2.36. The van der Waals surface area contributed by atoms with Crippen LogP contribution in [0.5, 0.6) is 0 Å². The van der Waals surface area contributed by atoms with Gasteiger partial charge in [-0.25, -0.2) is 0 Å². The number of halogens is 3. The summed E-state index contributed by atoms with van der Waals surface area (Å²) >= 11 is 0. The van der Waals surface area contributed by atoms with Crippen molar-refractivity contribution in [1.29, 1.82) is 0 Å². The summed E-state index contributed by atoms with van der Waals surface area (Å²) in [4.78, 5) is 2.46. The molecule has 0 radical (unpaired) electrons. The van der Waals surface area contributed by atoms with Crippen LogP contribution in [0.4, 0.5) is 13.2 Å². The van der Waals surface area contributed by atoms with Gasteiger partial charge >= 0.3 is 6.18 Å². The lowest BCUT2D eigenvalue weighted by atomic mass is 10.1. The second-order valence-electron chi connectivity index (χ2n) is 5.62. The maximum atomic E-state index is 12.0. The molecule has 0 spiro atoms. The first-order chi connectivity index (χ1) is 8.97. The van der Waals surface area contributed by atoms with Crippen molar-refractivity contribution in [3.63, 3.8) is 0 Å². The Bertz CT molecular complexity index is 223. The lowest BCUT2D eigenvalue weighted by molar-refractivity contribution is -0.135. The van der Waals surface area contributed by atoms with Crippen LogP contribution in [0.3, 0.4) is 0 Å². The van der Waals surface area contributed by atoms with Crippen LogP contribution in [-0.2, 0) is 0 Å². The van der Waals surface area contributed by atoms with E-state index in [4.69, 9.17) is 0 Å². The molecular weight excluding hydrogens is 253 g/mol. The topological polar surface area (TPSA) is 15.3 Å². The molecule has 0 aromatic carbocycles. The molecule has 1 saturated heterocycles. The first kappa shape index (κ1) is 16.8. The lowest BCUT2D eigenvalue weighted by Gasteiger charge is -2.21. The highest BCUT2D eigenvalue weighted by molar-refractivity contribution is 4.67. The fourth-order valence-electron chi connectivity index (χ4n) is 2.54. The van der Waals surface area contributed by atoms with E-state index >= 15 is 0 Å². The second kappa shape index (κ2) is 8.80. The molecule has 0 amide bonds. The highest BCUT2D eigenvalue weighted by atomic mass is 19.4. The fraction of sp³-hybridized carbons (Fsp3) is 1.00. The van der Waals surface area contributed by atoms with Crippen LogP contribution in [0.15, 0.2) is 0 Å². The Balaban J connectivity index is 2.01. The molecular formula is C14H27F3N2. The zero-order chi connectivity index (χ0) is 14.1. The molecule has 5 heteroatoms. The number of hydrogen-bond donors (Lipinski definition) is 1. The molecule has 1 fully saturated rings. The normalized spacial score (nSPS) is 20.2. The fourth-order valence-corrected chi connectivity index (χ4v) is 2.54. The third kappa shape index (κ3) is 9.27. The number of alkyl halides is 3. The van der Waals surface area contributed by atoms with Gasteiger partial charge in [-0.15, -0.1) is 0 Å². The summed E-state index contributed by atoms with van der Waals surface area (Å²) in [5.74, 6) is 0. The zero-order valence-corrected chi connectivity index (χ0v) is 11.9. The molecule has 0 aromatic rings. The molecule has 1 aliphatic heterocycles. The van der Waals surface area contributed by atoms with Gasteiger partial charge in [0.05, 0.1) is 0 Å². The molecule has 1 aliphatic rings. The highest BCUT2D eigenvalue weighted by Crippen LogP contribution is 2.22. The first-order valence-corrected chi connectivity index (χ1v) is 7.50. The molecule has 0 aliphatic carbocycles. The van der Waals surface area contributed by atoms with Crippen molar-refractivity contribution >= 4 is 0 Å². The zero-order valence-electron chi connectivity index (χ0n) is 11.9. The molecule has 2 nitrogen and oxygen atoms in total. The van der Waals surface area contributed by atoms with Crippen molar-refractivity contribution in [2.45, 2.75) is 64.1 Å². The largest absolute Gasteiger partial charge is 0.389 e. The number of hydrogen-bond acceptors (Lipinski definition) is 2. The smallest absolute Gasteiger partial charge is 0.313 e. The SMILES string of the molecule is CC(CCCC(F)(F)F)NCCN1CCCCCC1. The van der Waals surface area contributed by atoms with E-state index in [2.05, 4.69) is 10.2 Å². The van der Waals surface area contributed by atoms with E-state index in [0.29, 0.717) is 6.42 Å². The van der Waals surface area contributed by atoms with Gasteiger partial charge in [-0.05, 0) is 45.7 Å². The summed E-state index contributed by atoms with van der Waals surface area (Å²) in [5.41, 5.74) is 0. The van der Waals surface area contributed by atoms with E-state index in [1.54, 1.807) is 0 Å². The Morgan fingerprint density at radius 2 is 1.74 bits per heavy atom. The third-order valence-electron chi connectivity index (χ3n) is 3.72. The maximum Gasteiger partial charge on any atom is 0.389 e. The van der Waals surface area contributed by atoms with Gasteiger partial charge in [-0.3, -0.25) is 0 Å². The van der Waals surface area contributed by atoms with Crippen molar-refractivity contribution in [2.75, 3.05) is 26.2 Å². The Kier molecular flexibility index (Phi) is 7.76. The summed E-state index contributed by atoms with van der Waals surface area (Å²) in [5, 5.41) is 3.33. The molecule has 1 heterocycles. The summed E-state index contributed by atoms with van der Waals surface area (Å²) in [6.45, 7) is 6.21. The molecule has 19 heavy (non-hydrogen) atoms. The van der Waals surface area contributed by atoms with E-state index in [9.17, 15) is 13.2 Å². The van der Waals surface area contributed by atoms with Gasteiger partial charge in [-0.1, -0.05) is 12.8 Å². The van der Waals surface area contributed by atoms with Crippen molar-refractivity contribution in [2.24, 2.45) is 0 Å². The summed E-state index contributed by atoms with van der Waals surface area (Å²) in [6, 6.07) is 0.175. The van der Waals surface area contributed by atoms with Crippen LogP contribution in [0.2, 0.25) is 0 Å². The molecule has 0 bridgehead atoms. The average molecular weight is 280 g/mol. The van der Waals surface area contributed by atoms with Crippen molar-refractivity contribution in [3.8, 4) is 0 Å². The van der Waals surface area contributed by atoms with E-state index in [1.807, 2.05) is 6.92 Å². The van der Waals surface area contributed by atoms with Crippen LogP contribution in [0.1, 0.15) is 51.9 Å². The average Bonchev–Trinajstić information content (AvgIpc) is 2.56. The molecule has 0 aromatic heterocycles. The van der Waals surface area contributed by atoms with Crippen LogP contribution in [0.25, 0.3) is 0 Å². The Labute approximate surface area is 114 Å². The van der Waals surface area contributed by atoms with Crippen LogP contribution in [0, 0.1) is 0 Å². The standard InChI is InChI=1S/C14H27F3N2/c1-13(7-6-8-14(15,16)17)18-9-12-19-10-4-2-3-5-11-19/h13,18H,2-12H2,1H3. The van der Waals surface area contributed by atoms with E-state index in [0.717, 1.165) is 13.1 Å². The molecule has 0 saturated carbocycles. The third-order valence-corrected chi connectivity index (χ3v) is 3.72. The van der Waals surface area contributed by atoms with E-state index < -0.39 is 12.6 Å². The molecule has 1 atom stereocenters. The van der Waals surface area contributed by atoms with Gasteiger partial charge in [0.1, 0.15) is 0 Å². The van der Waals surface area contributed by atoms with Gasteiger partial charge < -0.3 is 10.2 Å². The number of likely N-dealkylation sites (tertiary alicyclic amines) is 1. The van der Waals surface area contributed by atoms with Crippen molar-refractivity contribution in [1.82, 2.24) is 10.2 Å². The van der Waals surface area contributed by atoms with Gasteiger partial charge in [0, 0.05) is 25.6 Å². The minimum atomic E-state index is -4.01. The minimum absolute atomic E-state index is 0.175. The summed E-state index contributed by atoms with van der Waals surface area (Å²) in [7, 11) is 0. The number of rotatable bonds is 7. The van der Waals surface area contributed by atoms with Gasteiger partial charge in [0.15, 0.2) is 0 Å². The van der Waals surface area contributed by atoms with Crippen LogP contribution in [-0.4, -0.2) is 43.3 Å². The minimum Gasteiger partial charge on any atom is -0.313 e. The van der Waals surface area contributed by atoms with E-state index in [1.165, 1.54) is 38.8 Å². The summed E-state index contributed by atoms with van der Waals surface area (Å²) in [6.07, 6.45) is 1.37. The number of nitrogens with zero attached hydrogens (tertiary/aromatic N) is 1. The molecule has 1 rings (SSSR count). The Hall–Kier alpha value is -0.290. The molecule has 1 N–H and O–H groups in total. The monoisotopic (exact) mass is 280 g/mol. The van der Waals surface area contributed by atoms with Crippen molar-refractivity contribution in [3.05, 3.63) is 0 Å². The Morgan fingerprint density at radius 3 is 2.32 bits per heavy atom. The Morgan fingerprint density at radius 1 is 1.11 bits per heavy atom. The predicted octanol–water partition coefficient (Wildman–Crippen LogP) is 3.57. The number of nitrogens with one attached hydrogen (secondary N) is 1. The van der Waals surface area contributed by atoms with Crippen LogP contribution < -0.4 is 5.32 Å². The van der Waals surface area contributed by atoms with E-state index in [-0.39, 0.29) is 12.5 Å². The molecule has 1 unspecified atom stereocenters. The maximum absolute atomic E-state index is 12.0. The van der Waals surface area contributed by atoms with Crippen LogP contribution >= 0.6 is 0 Å². The first-order valence-electron chi connectivity index (χ1n) is 7.50. The summed E-state index contributed by atoms with van der Waals surface area (Å²) < 4.78 is 36.0. The van der Waals surface area contributed by atoms with Gasteiger partial charge in [-0.2, -0.15) is 13.2 Å². The van der Waals surface area contributed by atoms with Gasteiger partial charge in [0.2, 0.25) is 0 Å². The predicted molar refractivity (Wildman–Crippen MR) is 72.3 cm³/mol. The quantitative estimate of drug-likeness (QED) is 0.767. The highest BCUT2D eigenvalue weighted by Gasteiger charge is 2.26.